The normalized spacial score (nSPS) is 17.3. The molecule has 0 aliphatic carbocycles. The number of anilines is 1. The maximum Gasteiger partial charge on any atom is 0.407 e. The van der Waals surface area contributed by atoms with E-state index in [1.165, 1.54) is 0 Å². The molecule has 1 aliphatic rings. The van der Waals surface area contributed by atoms with Crippen LogP contribution >= 0.6 is 0 Å². The van der Waals surface area contributed by atoms with Gasteiger partial charge in [-0.25, -0.2) is 9.59 Å². The van der Waals surface area contributed by atoms with Crippen LogP contribution < -0.4 is 37.6 Å². The maximum atomic E-state index is 14.4. The zero-order chi connectivity index (χ0) is 60.6. The number of likely N-dealkylation sites (tertiary alicyclic amines) is 1. The topological polar surface area (TPSA) is 255 Å². The summed E-state index contributed by atoms with van der Waals surface area (Å²) in [6.07, 6.45) is 1.39. The van der Waals surface area contributed by atoms with Gasteiger partial charge in [-0.3, -0.25) is 33.8 Å². The molecule has 0 spiro atoms. The van der Waals surface area contributed by atoms with Gasteiger partial charge in [0.15, 0.2) is 0 Å². The van der Waals surface area contributed by atoms with Crippen LogP contribution in [0.1, 0.15) is 116 Å². The van der Waals surface area contributed by atoms with Crippen molar-refractivity contribution >= 4 is 47.2 Å². The highest BCUT2D eigenvalue weighted by Gasteiger charge is 2.42. The number of alkyl carbamates (subject to hydrolysis) is 1. The lowest BCUT2D eigenvalue weighted by Gasteiger charge is -2.40. The first kappa shape index (κ1) is 68.1. The standard InChI is InChI=1S/C62H96N10O10/c1-14-41(6)55(71(11)60(77)52(39(2)3)68-59(76)54(40(4)5)70(9)10)51(80-12)35-47(73)37-72-33-23-31-50(72)56(81-13)42(7)57(74)66-36-48(44-25-17-15-18-26-44)53(45-27-19-16-20-28-45)69-62(79)82-38-43-24-21-29-46(34-43)67-58(75)49(64-8)30-22-32-65-61(63)78/h15-21,24-29,34,39-42,48-56,64H,14,22-23,30-33,35-38H2,1-13H3,(H,66,74)(H,67,75)(H,68,76)(H,69,79)(H3,63,65,78)/t41-,42+,48-,49+,50-,51+,52-,53+,54-,55-,56+/m1/s1. The van der Waals surface area contributed by atoms with E-state index in [1.807, 2.05) is 128 Å². The molecule has 3 aromatic rings. The molecule has 20 heteroatoms. The number of amides is 7. The van der Waals surface area contributed by atoms with Crippen LogP contribution in [0.4, 0.5) is 15.3 Å². The average Bonchev–Trinajstić information content (AvgIpc) is 3.94. The van der Waals surface area contributed by atoms with Gasteiger partial charge in [-0.2, -0.15) is 0 Å². The number of nitrogens with zero attached hydrogens (tertiary/aromatic N) is 3. The van der Waals surface area contributed by atoms with E-state index < -0.39 is 66.4 Å². The first-order valence-corrected chi connectivity index (χ1v) is 29.0. The maximum absolute atomic E-state index is 14.4. The Kier molecular flexibility index (Phi) is 28.4. The quantitative estimate of drug-likeness (QED) is 0.0329. The number of hydrogen-bond donors (Lipinski definition) is 7. The molecule has 20 nitrogen and oxygen atoms in total. The predicted molar refractivity (Wildman–Crippen MR) is 320 cm³/mol. The number of benzene rings is 3. The van der Waals surface area contributed by atoms with Gasteiger partial charge in [0.2, 0.25) is 23.6 Å². The van der Waals surface area contributed by atoms with Crippen molar-refractivity contribution in [1.29, 1.82) is 0 Å². The Bertz CT molecular complexity index is 2480. The molecular formula is C62H96N10O10. The predicted octanol–water partition coefficient (Wildman–Crippen LogP) is 6.22. The third-order valence-corrected chi connectivity index (χ3v) is 15.9. The molecule has 3 aromatic carbocycles. The number of likely N-dealkylation sites (N-methyl/N-ethyl adjacent to an activating group) is 3. The molecule has 8 N–H and O–H groups in total. The highest BCUT2D eigenvalue weighted by Crippen LogP contribution is 2.33. The van der Waals surface area contributed by atoms with E-state index in [9.17, 15) is 33.6 Å². The second-order valence-electron chi connectivity index (χ2n) is 22.7. The van der Waals surface area contributed by atoms with Crippen LogP contribution in [-0.2, 0) is 44.8 Å². The summed E-state index contributed by atoms with van der Waals surface area (Å²) in [5, 5.41) is 17.8. The molecule has 0 radical (unpaired) electrons. The molecule has 7 amide bonds. The minimum atomic E-state index is -0.786. The van der Waals surface area contributed by atoms with E-state index in [4.69, 9.17) is 19.9 Å². The molecular weight excluding hydrogens is 1040 g/mol. The number of nitrogens with two attached hydrogens (primary N) is 1. The van der Waals surface area contributed by atoms with E-state index in [0.29, 0.717) is 43.6 Å². The van der Waals surface area contributed by atoms with Crippen molar-refractivity contribution in [2.45, 2.75) is 148 Å². The van der Waals surface area contributed by atoms with Crippen LogP contribution in [0.15, 0.2) is 84.9 Å². The summed E-state index contributed by atoms with van der Waals surface area (Å²) >= 11 is 0. The third-order valence-electron chi connectivity index (χ3n) is 15.9. The van der Waals surface area contributed by atoms with Crippen molar-refractivity contribution < 1.29 is 47.8 Å². The van der Waals surface area contributed by atoms with Crippen molar-refractivity contribution in [3.8, 4) is 0 Å². The Morgan fingerprint density at radius 3 is 2.01 bits per heavy atom. The van der Waals surface area contributed by atoms with Crippen LogP contribution in [0.2, 0.25) is 0 Å². The second kappa shape index (κ2) is 34.2. The molecule has 1 fully saturated rings. The van der Waals surface area contributed by atoms with Crippen molar-refractivity contribution in [2.24, 2.45) is 29.4 Å². The summed E-state index contributed by atoms with van der Waals surface area (Å²) in [7, 11) is 10.3. The summed E-state index contributed by atoms with van der Waals surface area (Å²) < 4.78 is 18.0. The third kappa shape index (κ3) is 20.2. The molecule has 1 saturated heterocycles. The molecule has 4 rings (SSSR count). The Morgan fingerprint density at radius 2 is 1.44 bits per heavy atom. The van der Waals surface area contributed by atoms with Gasteiger partial charge in [-0.1, -0.05) is 128 Å². The lowest BCUT2D eigenvalue weighted by molar-refractivity contribution is -0.144. The van der Waals surface area contributed by atoms with Crippen molar-refractivity contribution in [3.05, 3.63) is 102 Å². The van der Waals surface area contributed by atoms with Crippen LogP contribution in [-0.4, -0.2) is 167 Å². The van der Waals surface area contributed by atoms with Crippen LogP contribution in [0, 0.1) is 23.7 Å². The van der Waals surface area contributed by atoms with E-state index in [-0.39, 0.29) is 79.3 Å². The van der Waals surface area contributed by atoms with E-state index in [2.05, 4.69) is 36.8 Å². The molecule has 11 atom stereocenters. The monoisotopic (exact) mass is 1140 g/mol. The summed E-state index contributed by atoms with van der Waals surface area (Å²) in [5.74, 6) is -2.37. The number of urea groups is 1. The van der Waals surface area contributed by atoms with E-state index in [0.717, 1.165) is 24.0 Å². The van der Waals surface area contributed by atoms with Gasteiger partial charge in [0.05, 0.1) is 48.8 Å². The fourth-order valence-corrected chi connectivity index (χ4v) is 11.4. The van der Waals surface area contributed by atoms with E-state index >= 15 is 0 Å². The van der Waals surface area contributed by atoms with Gasteiger partial charge in [0, 0.05) is 58.4 Å². The lowest BCUT2D eigenvalue weighted by atomic mass is 9.86. The fourth-order valence-electron chi connectivity index (χ4n) is 11.4. The average molecular weight is 1140 g/mol. The molecule has 0 aromatic heterocycles. The van der Waals surface area contributed by atoms with Gasteiger partial charge in [-0.15, -0.1) is 0 Å². The molecule has 1 heterocycles. The SMILES string of the molecule is CC[C@@H](C)[C@H]([C@H](CC(=O)CN1CCC[C@@H]1[C@@H](OC)[C@H](C)C(=O)NC[C@H](c1ccccc1)[C@@H](NC(=O)OCc1cccc(NC(=O)[C@H](CCCNC(N)=O)NC)c1)c1ccccc1)OC)N(C)C(=O)[C@H](NC(=O)[C@@H](C(C)C)N(C)C)C(C)C. The van der Waals surface area contributed by atoms with Crippen molar-refractivity contribution in [3.63, 3.8) is 0 Å². The number of ether oxygens (including phenoxy) is 3. The Hall–Kier alpha value is -6.45. The fraction of sp³-hybridized carbons (Fsp3) is 0.597. The lowest BCUT2D eigenvalue weighted by Crippen LogP contribution is -2.59. The van der Waals surface area contributed by atoms with Crippen LogP contribution in [0.5, 0.6) is 0 Å². The second-order valence-corrected chi connectivity index (χ2v) is 22.7. The Labute approximate surface area is 487 Å². The number of carbonyl (C=O) groups excluding carboxylic acids is 7. The minimum Gasteiger partial charge on any atom is -0.445 e. The number of hydrogen-bond acceptors (Lipinski definition) is 13. The van der Waals surface area contributed by atoms with E-state index in [1.54, 1.807) is 57.5 Å². The minimum absolute atomic E-state index is 0.0221. The number of ketones is 1. The van der Waals surface area contributed by atoms with Gasteiger partial charge in [0.25, 0.3) is 0 Å². The molecule has 1 aliphatic heterocycles. The van der Waals surface area contributed by atoms with Gasteiger partial charge in [-0.05, 0) is 99.9 Å². The number of primary amides is 1. The number of nitrogens with one attached hydrogen (secondary N) is 6. The summed E-state index contributed by atoms with van der Waals surface area (Å²) in [5.41, 5.74) is 7.97. The van der Waals surface area contributed by atoms with Gasteiger partial charge >= 0.3 is 12.1 Å². The molecule has 0 bridgehead atoms. The highest BCUT2D eigenvalue weighted by atomic mass is 16.5. The molecule has 0 saturated carbocycles. The number of methoxy groups -OCH3 is 2. The number of rotatable bonds is 34. The van der Waals surface area contributed by atoms with Gasteiger partial charge in [0.1, 0.15) is 18.4 Å². The molecule has 0 unspecified atom stereocenters. The smallest absolute Gasteiger partial charge is 0.407 e. The van der Waals surface area contributed by atoms with Crippen molar-refractivity contribution in [2.75, 3.05) is 73.9 Å². The molecule has 82 heavy (non-hydrogen) atoms. The summed E-state index contributed by atoms with van der Waals surface area (Å²) in [4.78, 5) is 100. The number of Topliss-reactive ketones (excluding diaryl/α,β-unsaturated/α-hetero) is 1. The van der Waals surface area contributed by atoms with Crippen molar-refractivity contribution in [1.82, 2.24) is 41.3 Å². The summed E-state index contributed by atoms with van der Waals surface area (Å²) in [6, 6.07) is 22.4. The van der Waals surface area contributed by atoms with Crippen LogP contribution in [0.3, 0.4) is 0 Å². The Balaban J connectivity index is 1.46. The van der Waals surface area contributed by atoms with Gasteiger partial charge < -0.3 is 56.7 Å². The zero-order valence-electron chi connectivity index (χ0n) is 50.9. The first-order chi connectivity index (χ1) is 39.1. The highest BCUT2D eigenvalue weighted by molar-refractivity contribution is 5.95. The molecule has 454 valence electrons. The first-order valence-electron chi connectivity index (χ1n) is 29.0. The summed E-state index contributed by atoms with van der Waals surface area (Å²) in [6.45, 7) is 14.8. The number of carbonyl (C=O) groups is 7. The largest absolute Gasteiger partial charge is 0.445 e. The Morgan fingerprint density at radius 1 is 0.780 bits per heavy atom. The zero-order valence-corrected chi connectivity index (χ0v) is 50.9. The van der Waals surface area contributed by atoms with Crippen LogP contribution in [0.25, 0.3) is 0 Å².